The number of rotatable bonds is 6. The summed E-state index contributed by atoms with van der Waals surface area (Å²) in [6, 6.07) is 10.5. The van der Waals surface area contributed by atoms with Gasteiger partial charge in [-0.2, -0.15) is 0 Å². The van der Waals surface area contributed by atoms with Crippen LogP contribution in [0.25, 0.3) is 0 Å². The van der Waals surface area contributed by atoms with Gasteiger partial charge in [-0.1, -0.05) is 44.2 Å². The quantitative estimate of drug-likeness (QED) is 0.840. The molecule has 2 amide bonds. The third-order valence-corrected chi connectivity index (χ3v) is 5.46. The summed E-state index contributed by atoms with van der Waals surface area (Å²) in [7, 11) is 2.07. The fourth-order valence-corrected chi connectivity index (χ4v) is 4.14. The second-order valence-corrected chi connectivity index (χ2v) is 7.67. The number of likely N-dealkylation sites (N-methyl/N-ethyl adjacent to an activating group) is 1. The molecule has 2 fully saturated rings. The number of urea groups is 1. The Labute approximate surface area is 144 Å². The standard InChI is InChI=1S/C19H29N3O2/c1-19(2)16(15-9-12-24-17(15)19)21-18(23)20-10-11-22(3)13-14-7-5-4-6-8-14/h4-8,15-17H,9-13H2,1-3H3,(H2,20,21,23). The van der Waals surface area contributed by atoms with Crippen molar-refractivity contribution in [3.63, 3.8) is 0 Å². The van der Waals surface area contributed by atoms with Crippen LogP contribution in [0.4, 0.5) is 4.79 Å². The molecule has 2 N–H and O–H groups in total. The van der Waals surface area contributed by atoms with Gasteiger partial charge >= 0.3 is 6.03 Å². The van der Waals surface area contributed by atoms with Crippen LogP contribution in [0.1, 0.15) is 25.8 Å². The molecule has 1 aliphatic heterocycles. The minimum Gasteiger partial charge on any atom is -0.377 e. The van der Waals surface area contributed by atoms with E-state index in [-0.39, 0.29) is 17.5 Å². The molecule has 0 spiro atoms. The van der Waals surface area contributed by atoms with E-state index in [0.29, 0.717) is 18.6 Å². The summed E-state index contributed by atoms with van der Waals surface area (Å²) in [5, 5.41) is 6.14. The third-order valence-electron chi connectivity index (χ3n) is 5.46. The lowest BCUT2D eigenvalue weighted by Gasteiger charge is -2.54. The first-order valence-electron chi connectivity index (χ1n) is 8.87. The van der Waals surface area contributed by atoms with Crippen molar-refractivity contribution in [2.45, 2.75) is 39.0 Å². The lowest BCUT2D eigenvalue weighted by molar-refractivity contribution is -0.108. The van der Waals surface area contributed by atoms with Gasteiger partial charge in [-0.15, -0.1) is 0 Å². The van der Waals surface area contributed by atoms with Crippen LogP contribution in [0, 0.1) is 11.3 Å². The molecule has 0 radical (unpaired) electrons. The summed E-state index contributed by atoms with van der Waals surface area (Å²) in [6.07, 6.45) is 1.36. The SMILES string of the molecule is CN(CCNC(=O)NC1C2CCOC2C1(C)C)Cc1ccccc1. The molecule has 3 unspecified atom stereocenters. The third kappa shape index (κ3) is 3.57. The van der Waals surface area contributed by atoms with Crippen molar-refractivity contribution in [3.8, 4) is 0 Å². The monoisotopic (exact) mass is 331 g/mol. The lowest BCUT2D eigenvalue weighted by Crippen LogP contribution is -2.67. The Hall–Kier alpha value is -1.59. The maximum absolute atomic E-state index is 12.2. The summed E-state index contributed by atoms with van der Waals surface area (Å²) < 4.78 is 5.77. The first kappa shape index (κ1) is 17.2. The largest absolute Gasteiger partial charge is 0.377 e. The number of hydrogen-bond acceptors (Lipinski definition) is 3. The summed E-state index contributed by atoms with van der Waals surface area (Å²) in [6.45, 7) is 7.54. The molecule has 2 aliphatic rings. The minimum atomic E-state index is -0.0634. The molecule has 132 valence electrons. The van der Waals surface area contributed by atoms with E-state index < -0.39 is 0 Å². The van der Waals surface area contributed by atoms with Crippen LogP contribution in [-0.4, -0.2) is 49.8 Å². The molecule has 3 rings (SSSR count). The van der Waals surface area contributed by atoms with Gasteiger partial charge in [0.05, 0.1) is 6.10 Å². The highest BCUT2D eigenvalue weighted by molar-refractivity contribution is 5.74. The molecule has 3 atom stereocenters. The van der Waals surface area contributed by atoms with E-state index in [0.717, 1.165) is 26.1 Å². The number of benzene rings is 1. The van der Waals surface area contributed by atoms with Gasteiger partial charge in [0.15, 0.2) is 0 Å². The Morgan fingerprint density at radius 2 is 2.08 bits per heavy atom. The van der Waals surface area contributed by atoms with E-state index >= 15 is 0 Å². The predicted octanol–water partition coefficient (Wildman–Crippen LogP) is 2.23. The smallest absolute Gasteiger partial charge is 0.315 e. The van der Waals surface area contributed by atoms with Gasteiger partial charge in [0, 0.05) is 43.6 Å². The van der Waals surface area contributed by atoms with Crippen molar-refractivity contribution in [2.75, 3.05) is 26.7 Å². The number of ether oxygens (including phenoxy) is 1. The van der Waals surface area contributed by atoms with Gasteiger partial charge in [-0.3, -0.25) is 0 Å². The molecule has 1 aliphatic carbocycles. The van der Waals surface area contributed by atoms with Crippen LogP contribution in [0.3, 0.4) is 0 Å². The van der Waals surface area contributed by atoms with Crippen LogP contribution in [0.15, 0.2) is 30.3 Å². The van der Waals surface area contributed by atoms with Crippen molar-refractivity contribution in [1.82, 2.24) is 15.5 Å². The van der Waals surface area contributed by atoms with Crippen molar-refractivity contribution < 1.29 is 9.53 Å². The van der Waals surface area contributed by atoms with E-state index in [1.54, 1.807) is 0 Å². The van der Waals surface area contributed by atoms with Gasteiger partial charge in [0.1, 0.15) is 0 Å². The Kier molecular flexibility index (Phi) is 5.11. The van der Waals surface area contributed by atoms with Crippen LogP contribution in [0.2, 0.25) is 0 Å². The molecule has 0 aromatic heterocycles. The number of carbonyl (C=O) groups excluding carboxylic acids is 1. The van der Waals surface area contributed by atoms with E-state index in [9.17, 15) is 4.79 Å². The Balaban J connectivity index is 1.37. The number of carbonyl (C=O) groups is 1. The first-order chi connectivity index (χ1) is 11.5. The average molecular weight is 331 g/mol. The maximum Gasteiger partial charge on any atom is 0.315 e. The van der Waals surface area contributed by atoms with Crippen LogP contribution >= 0.6 is 0 Å². The van der Waals surface area contributed by atoms with Crippen LogP contribution < -0.4 is 10.6 Å². The molecular formula is C19H29N3O2. The molecule has 24 heavy (non-hydrogen) atoms. The second-order valence-electron chi connectivity index (χ2n) is 7.67. The lowest BCUT2D eigenvalue weighted by atomic mass is 9.57. The number of nitrogens with one attached hydrogen (secondary N) is 2. The topological polar surface area (TPSA) is 53.6 Å². The number of fused-ring (bicyclic) bond motifs is 1. The van der Waals surface area contributed by atoms with E-state index in [4.69, 9.17) is 4.74 Å². The van der Waals surface area contributed by atoms with E-state index in [2.05, 4.69) is 60.7 Å². The second kappa shape index (κ2) is 7.11. The highest BCUT2D eigenvalue weighted by Crippen LogP contribution is 2.51. The molecule has 1 heterocycles. The fourth-order valence-electron chi connectivity index (χ4n) is 4.14. The Morgan fingerprint density at radius 1 is 1.33 bits per heavy atom. The summed E-state index contributed by atoms with van der Waals surface area (Å²) in [4.78, 5) is 14.4. The van der Waals surface area contributed by atoms with Gasteiger partial charge in [-0.25, -0.2) is 4.79 Å². The first-order valence-corrected chi connectivity index (χ1v) is 8.87. The molecule has 5 heteroatoms. The number of nitrogens with zero attached hydrogens (tertiary/aromatic N) is 1. The summed E-state index contributed by atoms with van der Waals surface area (Å²) in [5.41, 5.74) is 1.32. The van der Waals surface area contributed by atoms with Crippen LogP contribution in [-0.2, 0) is 11.3 Å². The van der Waals surface area contributed by atoms with Gasteiger partial charge in [-0.05, 0) is 19.0 Å². The van der Waals surface area contributed by atoms with Crippen LogP contribution in [0.5, 0.6) is 0 Å². The molecule has 1 saturated carbocycles. The predicted molar refractivity (Wildman–Crippen MR) is 94.7 cm³/mol. The fraction of sp³-hybridized carbons (Fsp3) is 0.632. The maximum atomic E-state index is 12.2. The normalized spacial score (nSPS) is 27.4. The van der Waals surface area contributed by atoms with E-state index in [1.807, 2.05) is 6.07 Å². The number of hydrogen-bond donors (Lipinski definition) is 2. The highest BCUT2D eigenvalue weighted by atomic mass is 16.5. The zero-order chi connectivity index (χ0) is 17.2. The molecule has 1 saturated heterocycles. The summed E-state index contributed by atoms with van der Waals surface area (Å²) >= 11 is 0. The van der Waals surface area contributed by atoms with Gasteiger partial charge in [0.2, 0.25) is 0 Å². The Morgan fingerprint density at radius 3 is 2.83 bits per heavy atom. The van der Waals surface area contributed by atoms with Gasteiger partial charge < -0.3 is 20.3 Å². The van der Waals surface area contributed by atoms with Crippen molar-refractivity contribution in [2.24, 2.45) is 11.3 Å². The zero-order valence-electron chi connectivity index (χ0n) is 14.9. The minimum absolute atomic E-state index is 0.0304. The molecule has 5 nitrogen and oxygen atoms in total. The molecular weight excluding hydrogens is 302 g/mol. The van der Waals surface area contributed by atoms with Crippen molar-refractivity contribution >= 4 is 6.03 Å². The van der Waals surface area contributed by atoms with Crippen molar-refractivity contribution in [3.05, 3.63) is 35.9 Å². The highest BCUT2D eigenvalue weighted by Gasteiger charge is 2.59. The average Bonchev–Trinajstić information content (AvgIpc) is 3.01. The zero-order valence-corrected chi connectivity index (χ0v) is 14.9. The number of amides is 2. The molecule has 0 bridgehead atoms. The molecule has 1 aromatic rings. The summed E-state index contributed by atoms with van der Waals surface area (Å²) in [5.74, 6) is 0.478. The Bertz CT molecular complexity index is 561. The molecule has 1 aromatic carbocycles. The van der Waals surface area contributed by atoms with E-state index in [1.165, 1.54) is 5.56 Å². The van der Waals surface area contributed by atoms with Crippen molar-refractivity contribution in [1.29, 1.82) is 0 Å². The van der Waals surface area contributed by atoms with Gasteiger partial charge in [0.25, 0.3) is 0 Å².